The largest absolute Gasteiger partial charge is 0.464 e. The van der Waals surface area contributed by atoms with Crippen LogP contribution in [-0.2, 0) is 9.53 Å². The fourth-order valence-electron chi connectivity index (χ4n) is 4.64. The molecule has 19 heavy (non-hydrogen) atoms. The van der Waals surface area contributed by atoms with E-state index >= 15 is 0 Å². The molecule has 4 bridgehead atoms. The molecule has 5 nitrogen and oxygen atoms in total. The van der Waals surface area contributed by atoms with E-state index in [1.807, 2.05) is 0 Å². The lowest BCUT2D eigenvalue weighted by Crippen LogP contribution is -2.57. The van der Waals surface area contributed by atoms with Crippen molar-refractivity contribution in [3.05, 3.63) is 0 Å². The molecular weight excluding hydrogens is 242 g/mol. The Labute approximate surface area is 113 Å². The van der Waals surface area contributed by atoms with Gasteiger partial charge in [-0.2, -0.15) is 10.4 Å². The van der Waals surface area contributed by atoms with Crippen LogP contribution in [0, 0.1) is 29.1 Å². The minimum absolute atomic E-state index is 0.0187. The summed E-state index contributed by atoms with van der Waals surface area (Å²) in [4.78, 5) is 11.3. The minimum Gasteiger partial charge on any atom is -0.464 e. The first-order chi connectivity index (χ1) is 9.14. The fraction of sp³-hybridized carbons (Fsp3) is 0.786. The van der Waals surface area contributed by atoms with Crippen LogP contribution in [0.25, 0.3) is 0 Å². The van der Waals surface area contributed by atoms with Crippen LogP contribution in [0.3, 0.4) is 0 Å². The van der Waals surface area contributed by atoms with Crippen molar-refractivity contribution >= 4 is 11.7 Å². The summed E-state index contributed by atoms with van der Waals surface area (Å²) < 4.78 is 4.54. The molecule has 102 valence electrons. The maximum absolute atomic E-state index is 11.3. The van der Waals surface area contributed by atoms with Crippen LogP contribution < -0.4 is 5.43 Å². The summed E-state index contributed by atoms with van der Waals surface area (Å²) in [5.41, 5.74) is 2.99. The van der Waals surface area contributed by atoms with Gasteiger partial charge in [-0.3, -0.25) is 0 Å². The van der Waals surface area contributed by atoms with Crippen LogP contribution in [0.4, 0.5) is 0 Å². The molecule has 0 atom stereocenters. The number of carbonyl (C=O) groups is 1. The molecule has 0 aliphatic heterocycles. The van der Waals surface area contributed by atoms with Crippen molar-refractivity contribution in [3.63, 3.8) is 0 Å². The third-order valence-electron chi connectivity index (χ3n) is 4.93. The number of hydrogen-bond acceptors (Lipinski definition) is 5. The second-order valence-corrected chi connectivity index (χ2v) is 6.37. The monoisotopic (exact) mass is 261 g/mol. The zero-order valence-electron chi connectivity index (χ0n) is 11.2. The molecule has 0 amide bonds. The highest BCUT2D eigenvalue weighted by Gasteiger charge is 2.51. The molecule has 1 N–H and O–H groups in total. The van der Waals surface area contributed by atoms with E-state index in [1.165, 1.54) is 26.4 Å². The molecule has 4 saturated carbocycles. The van der Waals surface area contributed by atoms with E-state index in [4.69, 9.17) is 5.26 Å². The fourth-order valence-corrected chi connectivity index (χ4v) is 4.64. The predicted molar refractivity (Wildman–Crippen MR) is 69.1 cm³/mol. The van der Waals surface area contributed by atoms with Crippen molar-refractivity contribution in [2.75, 3.05) is 7.11 Å². The molecule has 0 aromatic heterocycles. The van der Waals surface area contributed by atoms with Crippen molar-refractivity contribution in [2.45, 2.75) is 44.1 Å². The quantitative estimate of drug-likeness (QED) is 0.475. The van der Waals surface area contributed by atoms with E-state index in [0.29, 0.717) is 0 Å². The number of rotatable bonds is 3. The molecule has 4 rings (SSSR count). The number of methoxy groups -OCH3 is 1. The highest BCUT2D eigenvalue weighted by Crippen LogP contribution is 2.55. The van der Waals surface area contributed by atoms with Crippen LogP contribution >= 0.6 is 0 Å². The van der Waals surface area contributed by atoms with Crippen molar-refractivity contribution in [2.24, 2.45) is 22.9 Å². The first-order valence-corrected chi connectivity index (χ1v) is 6.97. The van der Waals surface area contributed by atoms with Gasteiger partial charge < -0.3 is 10.2 Å². The number of nitriles is 1. The molecule has 0 radical (unpaired) electrons. The normalized spacial score (nSPS) is 39.8. The van der Waals surface area contributed by atoms with E-state index < -0.39 is 5.97 Å². The van der Waals surface area contributed by atoms with Gasteiger partial charge in [0.15, 0.2) is 0 Å². The summed E-state index contributed by atoms with van der Waals surface area (Å²) in [6.07, 6.45) is 7.44. The number of nitrogens with one attached hydrogen (secondary N) is 1. The van der Waals surface area contributed by atoms with Gasteiger partial charge in [-0.1, -0.05) is 0 Å². The lowest BCUT2D eigenvalue weighted by atomic mass is 9.53. The maximum Gasteiger partial charge on any atom is 0.369 e. The second kappa shape index (κ2) is 4.52. The van der Waals surface area contributed by atoms with Gasteiger partial charge in [-0.05, 0) is 56.3 Å². The van der Waals surface area contributed by atoms with Crippen molar-refractivity contribution in [1.29, 1.82) is 5.26 Å². The Balaban J connectivity index is 1.74. The van der Waals surface area contributed by atoms with Crippen LogP contribution in [-0.4, -0.2) is 24.3 Å². The van der Waals surface area contributed by atoms with Gasteiger partial charge in [0, 0.05) is 0 Å². The van der Waals surface area contributed by atoms with Crippen molar-refractivity contribution in [3.8, 4) is 6.07 Å². The summed E-state index contributed by atoms with van der Waals surface area (Å²) in [5.74, 6) is 1.74. The average molecular weight is 261 g/mol. The molecular formula is C14H19N3O2. The molecule has 4 aliphatic carbocycles. The van der Waals surface area contributed by atoms with Gasteiger partial charge in [0.05, 0.1) is 12.6 Å². The zero-order chi connectivity index (χ0) is 13.5. The molecule has 0 aromatic carbocycles. The molecule has 4 aliphatic rings. The Bertz CT molecular complexity index is 429. The van der Waals surface area contributed by atoms with E-state index in [0.717, 1.165) is 37.0 Å². The summed E-state index contributed by atoms with van der Waals surface area (Å²) in [6, 6.07) is 1.80. The van der Waals surface area contributed by atoms with Crippen LogP contribution in [0.5, 0.6) is 0 Å². The molecule has 0 heterocycles. The molecule has 0 spiro atoms. The molecule has 0 unspecified atom stereocenters. The predicted octanol–water partition coefficient (Wildman–Crippen LogP) is 1.60. The van der Waals surface area contributed by atoms with Gasteiger partial charge in [0.2, 0.25) is 5.71 Å². The first kappa shape index (κ1) is 12.5. The van der Waals surface area contributed by atoms with Crippen LogP contribution in [0.15, 0.2) is 5.10 Å². The third kappa shape index (κ3) is 2.20. The summed E-state index contributed by atoms with van der Waals surface area (Å²) in [6.45, 7) is 0. The highest BCUT2D eigenvalue weighted by atomic mass is 16.5. The van der Waals surface area contributed by atoms with E-state index in [1.54, 1.807) is 6.07 Å². The Morgan fingerprint density at radius 3 is 2.21 bits per heavy atom. The topological polar surface area (TPSA) is 74.5 Å². The Morgan fingerprint density at radius 2 is 1.79 bits per heavy atom. The van der Waals surface area contributed by atoms with Gasteiger partial charge in [-0.25, -0.2) is 4.79 Å². The van der Waals surface area contributed by atoms with E-state index in [9.17, 15) is 4.79 Å². The number of nitrogens with zero attached hydrogens (tertiary/aromatic N) is 2. The standard InChI is InChI=1S/C14H19N3O2/c1-19-13(18)12(8-15)16-17-14-5-9-2-10(6-14)4-11(3-9)7-14/h9-11,17H,2-7H2,1H3/b16-12+. The molecule has 5 heteroatoms. The maximum atomic E-state index is 11.3. The second-order valence-electron chi connectivity index (χ2n) is 6.37. The Kier molecular flexibility index (Phi) is 2.96. The SMILES string of the molecule is COC(=O)/C(C#N)=N/NC12CC3CC(CC(C3)C1)C2. The van der Waals surface area contributed by atoms with Crippen molar-refractivity contribution in [1.82, 2.24) is 5.43 Å². The van der Waals surface area contributed by atoms with Crippen LogP contribution in [0.2, 0.25) is 0 Å². The highest BCUT2D eigenvalue weighted by molar-refractivity contribution is 6.42. The molecule has 0 aromatic rings. The van der Waals surface area contributed by atoms with Gasteiger partial charge >= 0.3 is 5.97 Å². The smallest absolute Gasteiger partial charge is 0.369 e. The van der Waals surface area contributed by atoms with Crippen LogP contribution in [0.1, 0.15) is 38.5 Å². The number of hydrogen-bond donors (Lipinski definition) is 1. The zero-order valence-corrected chi connectivity index (χ0v) is 11.2. The number of carbonyl (C=O) groups excluding carboxylic acids is 1. The molecule has 4 fully saturated rings. The Morgan fingerprint density at radius 1 is 1.26 bits per heavy atom. The number of ether oxygens (including phenoxy) is 1. The number of esters is 1. The summed E-state index contributed by atoms with van der Waals surface area (Å²) in [7, 11) is 1.26. The average Bonchev–Trinajstić information content (AvgIpc) is 2.37. The summed E-state index contributed by atoms with van der Waals surface area (Å²) in [5, 5.41) is 13.0. The molecule has 0 saturated heterocycles. The minimum atomic E-state index is -0.667. The van der Waals surface area contributed by atoms with Gasteiger partial charge in [0.1, 0.15) is 6.07 Å². The Hall–Kier alpha value is -1.57. The van der Waals surface area contributed by atoms with Gasteiger partial charge in [-0.15, -0.1) is 0 Å². The van der Waals surface area contributed by atoms with Gasteiger partial charge in [0.25, 0.3) is 0 Å². The first-order valence-electron chi connectivity index (χ1n) is 6.97. The van der Waals surface area contributed by atoms with E-state index in [-0.39, 0.29) is 11.3 Å². The lowest BCUT2D eigenvalue weighted by Gasteiger charge is -2.56. The van der Waals surface area contributed by atoms with Crippen molar-refractivity contribution < 1.29 is 9.53 Å². The number of hydrazone groups is 1. The summed E-state index contributed by atoms with van der Waals surface area (Å²) >= 11 is 0. The third-order valence-corrected chi connectivity index (χ3v) is 4.93. The van der Waals surface area contributed by atoms with E-state index in [2.05, 4.69) is 15.3 Å². The lowest BCUT2D eigenvalue weighted by molar-refractivity contribution is -0.132.